The lowest BCUT2D eigenvalue weighted by atomic mass is 9.93. The molecule has 4 heterocycles. The quantitative estimate of drug-likeness (QED) is 0.584. The highest BCUT2D eigenvalue weighted by molar-refractivity contribution is 5.86. The minimum atomic E-state index is -0.163. The Hall–Kier alpha value is -3.06. The summed E-state index contributed by atoms with van der Waals surface area (Å²) in [5, 5.41) is 18.6. The van der Waals surface area contributed by atoms with Crippen molar-refractivity contribution in [3.63, 3.8) is 0 Å². The van der Waals surface area contributed by atoms with Gasteiger partial charge in [-0.2, -0.15) is 0 Å². The van der Waals surface area contributed by atoms with Crippen LogP contribution in [0.25, 0.3) is 27.7 Å². The molecule has 7 nitrogen and oxygen atoms in total. The maximum absolute atomic E-state index is 9.64. The lowest BCUT2D eigenvalue weighted by molar-refractivity contribution is 0.126. The second kappa shape index (κ2) is 6.59. The second-order valence-corrected chi connectivity index (χ2v) is 7.06. The van der Waals surface area contributed by atoms with E-state index in [1.807, 2.05) is 41.3 Å². The summed E-state index contributed by atoms with van der Waals surface area (Å²) in [6.45, 7) is 0. The average Bonchev–Trinajstić information content (AvgIpc) is 3.12. The van der Waals surface area contributed by atoms with E-state index in [4.69, 9.17) is 0 Å². The summed E-state index contributed by atoms with van der Waals surface area (Å²) < 4.78 is 1.84. The molecule has 1 fully saturated rings. The molecule has 1 aliphatic rings. The first-order valence-electron chi connectivity index (χ1n) is 9.26. The fourth-order valence-electron chi connectivity index (χ4n) is 3.73. The highest BCUT2D eigenvalue weighted by atomic mass is 16.3. The van der Waals surface area contributed by atoms with Crippen molar-refractivity contribution in [2.75, 3.05) is 5.32 Å². The number of nitrogens with zero attached hydrogens (tertiary/aromatic N) is 5. The van der Waals surface area contributed by atoms with Gasteiger partial charge in [-0.15, -0.1) is 5.10 Å². The Bertz CT molecular complexity index is 1100. The number of rotatable bonds is 3. The van der Waals surface area contributed by atoms with Crippen LogP contribution in [-0.4, -0.2) is 41.8 Å². The van der Waals surface area contributed by atoms with Crippen LogP contribution in [-0.2, 0) is 0 Å². The fourth-order valence-corrected chi connectivity index (χ4v) is 3.73. The number of fused-ring (bicyclic) bond motifs is 2. The Morgan fingerprint density at radius 2 is 1.93 bits per heavy atom. The molecule has 1 aliphatic carbocycles. The smallest absolute Gasteiger partial charge is 0.241 e. The number of pyridine rings is 2. The zero-order chi connectivity index (χ0) is 18.2. The van der Waals surface area contributed by atoms with E-state index in [0.717, 1.165) is 53.4 Å². The highest BCUT2D eigenvalue weighted by Crippen LogP contribution is 2.27. The van der Waals surface area contributed by atoms with Gasteiger partial charge in [0.1, 0.15) is 0 Å². The first-order chi connectivity index (χ1) is 13.3. The molecule has 0 aromatic carbocycles. The van der Waals surface area contributed by atoms with E-state index in [1.165, 1.54) is 0 Å². The Morgan fingerprint density at radius 3 is 2.81 bits per heavy atom. The van der Waals surface area contributed by atoms with Crippen LogP contribution in [0.3, 0.4) is 0 Å². The monoisotopic (exact) mass is 360 g/mol. The zero-order valence-electron chi connectivity index (χ0n) is 14.8. The van der Waals surface area contributed by atoms with E-state index >= 15 is 0 Å². The van der Waals surface area contributed by atoms with Gasteiger partial charge in [-0.05, 0) is 49.9 Å². The third kappa shape index (κ3) is 3.10. The molecule has 0 radical (unpaired) electrons. The summed E-state index contributed by atoms with van der Waals surface area (Å²) in [5.41, 5.74) is 3.74. The summed E-state index contributed by atoms with van der Waals surface area (Å²) in [5.74, 6) is 0.617. The van der Waals surface area contributed by atoms with E-state index in [9.17, 15) is 5.11 Å². The van der Waals surface area contributed by atoms with Gasteiger partial charge in [-0.3, -0.25) is 0 Å². The van der Waals surface area contributed by atoms with Crippen molar-refractivity contribution < 1.29 is 5.11 Å². The molecule has 0 aliphatic heterocycles. The Morgan fingerprint density at radius 1 is 1.04 bits per heavy atom. The van der Waals surface area contributed by atoms with Crippen LogP contribution in [0.1, 0.15) is 25.7 Å². The molecular weight excluding hydrogens is 340 g/mol. The van der Waals surface area contributed by atoms with Crippen LogP contribution in [0.4, 0.5) is 5.95 Å². The second-order valence-electron chi connectivity index (χ2n) is 7.06. The number of hydrogen-bond donors (Lipinski definition) is 2. The topological polar surface area (TPSA) is 88.2 Å². The van der Waals surface area contributed by atoms with Gasteiger partial charge in [0.15, 0.2) is 5.65 Å². The molecule has 5 rings (SSSR count). The van der Waals surface area contributed by atoms with Crippen molar-refractivity contribution in [2.45, 2.75) is 37.8 Å². The summed E-state index contributed by atoms with van der Waals surface area (Å²) in [4.78, 5) is 13.2. The molecule has 0 saturated heterocycles. The zero-order valence-corrected chi connectivity index (χ0v) is 14.8. The first kappa shape index (κ1) is 16.1. The fraction of sp³-hybridized carbons (Fsp3) is 0.300. The first-order valence-corrected chi connectivity index (χ1v) is 9.26. The summed E-state index contributed by atoms with van der Waals surface area (Å²) in [6.07, 6.45) is 10.7. The van der Waals surface area contributed by atoms with E-state index in [0.29, 0.717) is 12.0 Å². The van der Waals surface area contributed by atoms with E-state index in [-0.39, 0.29) is 6.10 Å². The van der Waals surface area contributed by atoms with Gasteiger partial charge >= 0.3 is 0 Å². The molecule has 27 heavy (non-hydrogen) atoms. The van der Waals surface area contributed by atoms with E-state index in [2.05, 4.69) is 31.4 Å². The largest absolute Gasteiger partial charge is 0.393 e. The third-order valence-corrected chi connectivity index (χ3v) is 5.21. The van der Waals surface area contributed by atoms with Crippen molar-refractivity contribution in [1.82, 2.24) is 24.6 Å². The highest BCUT2D eigenvalue weighted by Gasteiger charge is 2.20. The molecule has 0 bridgehead atoms. The number of aromatic nitrogens is 5. The van der Waals surface area contributed by atoms with Gasteiger partial charge in [0.2, 0.25) is 5.95 Å². The standard InChI is InChI=1S/C20H20N6O/c27-16-5-3-15(4-6-16)24-20-23-12-18-17(7-9-26(18)25-20)14-10-13-2-1-8-21-19(13)22-11-14/h1-2,7-12,15-16,27H,3-6H2,(H,24,25)/t15-,16+. The van der Waals surface area contributed by atoms with Crippen molar-refractivity contribution in [3.05, 3.63) is 49.1 Å². The van der Waals surface area contributed by atoms with Crippen LogP contribution in [0.2, 0.25) is 0 Å². The Balaban J connectivity index is 1.44. The molecule has 4 aromatic rings. The third-order valence-electron chi connectivity index (χ3n) is 5.21. The summed E-state index contributed by atoms with van der Waals surface area (Å²) in [7, 11) is 0. The molecule has 1 saturated carbocycles. The maximum Gasteiger partial charge on any atom is 0.241 e. The van der Waals surface area contributed by atoms with E-state index < -0.39 is 0 Å². The van der Waals surface area contributed by atoms with Crippen LogP contribution in [0, 0.1) is 0 Å². The number of aliphatic hydroxyl groups excluding tert-OH is 1. The van der Waals surface area contributed by atoms with Crippen LogP contribution >= 0.6 is 0 Å². The molecule has 136 valence electrons. The number of anilines is 1. The normalized spacial score (nSPS) is 20.2. The molecule has 2 N–H and O–H groups in total. The molecule has 0 spiro atoms. The van der Waals surface area contributed by atoms with Crippen molar-refractivity contribution in [1.29, 1.82) is 0 Å². The predicted molar refractivity (Wildman–Crippen MR) is 103 cm³/mol. The van der Waals surface area contributed by atoms with Gasteiger partial charge < -0.3 is 10.4 Å². The van der Waals surface area contributed by atoms with Crippen LogP contribution in [0.15, 0.2) is 49.1 Å². The average molecular weight is 360 g/mol. The summed E-state index contributed by atoms with van der Waals surface area (Å²) >= 11 is 0. The molecule has 0 unspecified atom stereocenters. The number of hydrogen-bond acceptors (Lipinski definition) is 6. The predicted octanol–water partition coefficient (Wildman–Crippen LogP) is 3.05. The molecule has 0 atom stereocenters. The van der Waals surface area contributed by atoms with E-state index in [1.54, 1.807) is 6.20 Å². The lowest BCUT2D eigenvalue weighted by Gasteiger charge is -2.26. The van der Waals surface area contributed by atoms with Gasteiger partial charge in [0.05, 0.1) is 17.8 Å². The van der Waals surface area contributed by atoms with Crippen molar-refractivity contribution in [3.8, 4) is 11.1 Å². The van der Waals surface area contributed by atoms with Gasteiger partial charge in [0, 0.05) is 41.1 Å². The SMILES string of the molecule is O[C@H]1CC[C@@H](Nc2ncc3c(-c4cnc5ncccc5c4)ccn3n2)CC1. The Kier molecular flexibility index (Phi) is 3.94. The van der Waals surface area contributed by atoms with Crippen LogP contribution in [0.5, 0.6) is 0 Å². The number of aliphatic hydroxyl groups is 1. The minimum absolute atomic E-state index is 0.163. The molecule has 7 heteroatoms. The van der Waals surface area contributed by atoms with Gasteiger partial charge in [0.25, 0.3) is 0 Å². The maximum atomic E-state index is 9.64. The minimum Gasteiger partial charge on any atom is -0.393 e. The van der Waals surface area contributed by atoms with Gasteiger partial charge in [-0.1, -0.05) is 0 Å². The van der Waals surface area contributed by atoms with Crippen LogP contribution < -0.4 is 5.32 Å². The Labute approximate surface area is 156 Å². The lowest BCUT2D eigenvalue weighted by Crippen LogP contribution is -2.29. The molecule has 4 aromatic heterocycles. The molecular formula is C20H20N6O. The molecule has 0 amide bonds. The van der Waals surface area contributed by atoms with Crippen molar-refractivity contribution >= 4 is 22.5 Å². The van der Waals surface area contributed by atoms with Crippen molar-refractivity contribution in [2.24, 2.45) is 0 Å². The number of nitrogens with one attached hydrogen (secondary N) is 1. The summed E-state index contributed by atoms with van der Waals surface area (Å²) in [6, 6.07) is 8.36. The van der Waals surface area contributed by atoms with Gasteiger partial charge in [-0.25, -0.2) is 19.5 Å².